The maximum Gasteiger partial charge on any atom is 0.242 e. The summed E-state index contributed by atoms with van der Waals surface area (Å²) in [6.45, 7) is 0.119. The lowest BCUT2D eigenvalue weighted by Crippen LogP contribution is -2.24. The first-order valence-corrected chi connectivity index (χ1v) is 7.59. The second-order valence-corrected chi connectivity index (χ2v) is 5.95. The number of H-pyrrole nitrogens is 1. The summed E-state index contributed by atoms with van der Waals surface area (Å²) in [5.74, 6) is 5.65. The van der Waals surface area contributed by atoms with Gasteiger partial charge in [-0.3, -0.25) is 0 Å². The number of hydrogen-bond donors (Lipinski definition) is 3. The molecule has 0 aliphatic heterocycles. The highest BCUT2D eigenvalue weighted by Gasteiger charge is 2.18. The molecule has 1 aromatic carbocycles. The lowest BCUT2D eigenvalue weighted by Gasteiger charge is -2.07. The molecule has 0 radical (unpaired) electrons. The molecule has 4 N–H and O–H groups in total. The van der Waals surface area contributed by atoms with Gasteiger partial charge in [0.1, 0.15) is 4.90 Å². The Morgan fingerprint density at radius 3 is 2.86 bits per heavy atom. The summed E-state index contributed by atoms with van der Waals surface area (Å²) in [6, 6.07) is 4.39. The molecule has 0 atom stereocenters. The third-order valence-corrected chi connectivity index (χ3v) is 4.25. The molecule has 1 heterocycles. The monoisotopic (exact) mass is 326 g/mol. The van der Waals surface area contributed by atoms with Crippen LogP contribution < -0.4 is 10.5 Å². The van der Waals surface area contributed by atoms with E-state index in [-0.39, 0.29) is 28.8 Å². The average Bonchev–Trinajstić information content (AvgIpc) is 2.96. The summed E-state index contributed by atoms with van der Waals surface area (Å²) in [6.07, 6.45) is 0. The smallest absolute Gasteiger partial charge is 0.242 e. The first-order chi connectivity index (χ1) is 10.0. The molecule has 0 saturated heterocycles. The van der Waals surface area contributed by atoms with Gasteiger partial charge in [-0.1, -0.05) is 28.7 Å². The molecule has 0 aliphatic rings. The van der Waals surface area contributed by atoms with Crippen molar-refractivity contribution in [3.63, 3.8) is 0 Å². The van der Waals surface area contributed by atoms with Crippen molar-refractivity contribution < 1.29 is 8.42 Å². The summed E-state index contributed by atoms with van der Waals surface area (Å²) in [7, 11) is -3.78. The summed E-state index contributed by atoms with van der Waals surface area (Å²) in [5, 5.41) is 12.9. The Balaban J connectivity index is 2.19. The van der Waals surface area contributed by atoms with Crippen molar-refractivity contribution in [3.8, 4) is 11.8 Å². The number of halogens is 1. The van der Waals surface area contributed by atoms with Gasteiger partial charge in [0.2, 0.25) is 10.0 Å². The highest BCUT2D eigenvalue weighted by Crippen LogP contribution is 2.22. The van der Waals surface area contributed by atoms with Crippen molar-refractivity contribution >= 4 is 21.6 Å². The minimum absolute atomic E-state index is 0.0500. The second kappa shape index (κ2) is 6.64. The van der Waals surface area contributed by atoms with Crippen LogP contribution in [0.15, 0.2) is 23.1 Å². The number of aromatic nitrogens is 4. The van der Waals surface area contributed by atoms with Gasteiger partial charge in [-0.05, 0) is 18.2 Å². The van der Waals surface area contributed by atoms with E-state index in [9.17, 15) is 8.42 Å². The maximum atomic E-state index is 12.1. The third-order valence-electron chi connectivity index (χ3n) is 2.37. The predicted molar refractivity (Wildman–Crippen MR) is 75.6 cm³/mol. The van der Waals surface area contributed by atoms with Gasteiger partial charge in [0.05, 0.1) is 18.1 Å². The summed E-state index contributed by atoms with van der Waals surface area (Å²) >= 11 is 5.99. The van der Waals surface area contributed by atoms with Gasteiger partial charge < -0.3 is 5.73 Å². The molecule has 0 spiro atoms. The Morgan fingerprint density at radius 2 is 2.24 bits per heavy atom. The summed E-state index contributed by atoms with van der Waals surface area (Å²) in [5.41, 5.74) is 5.85. The molecule has 0 fully saturated rings. The van der Waals surface area contributed by atoms with Gasteiger partial charge in [-0.15, -0.1) is 10.2 Å². The van der Waals surface area contributed by atoms with Crippen molar-refractivity contribution in [3.05, 3.63) is 34.6 Å². The van der Waals surface area contributed by atoms with E-state index in [0.29, 0.717) is 5.56 Å². The fraction of sp³-hybridized carbons (Fsp3) is 0.182. The van der Waals surface area contributed by atoms with Crippen LogP contribution >= 0.6 is 11.6 Å². The number of sulfonamides is 1. The number of nitrogens with two attached hydrogens (primary N) is 1. The number of benzene rings is 1. The number of nitrogens with zero attached hydrogens (tertiary/aromatic N) is 3. The summed E-state index contributed by atoms with van der Waals surface area (Å²) in [4.78, 5) is -0.0500. The number of rotatable bonds is 4. The normalized spacial score (nSPS) is 11.0. The molecule has 0 bridgehead atoms. The highest BCUT2D eigenvalue weighted by molar-refractivity contribution is 7.89. The molecule has 21 heavy (non-hydrogen) atoms. The quantitative estimate of drug-likeness (QED) is 0.659. The minimum atomic E-state index is -3.78. The van der Waals surface area contributed by atoms with Crippen LogP contribution in [0.3, 0.4) is 0 Å². The zero-order valence-electron chi connectivity index (χ0n) is 10.7. The zero-order valence-corrected chi connectivity index (χ0v) is 12.2. The predicted octanol–water partition coefficient (Wildman–Crippen LogP) is -0.358. The van der Waals surface area contributed by atoms with E-state index in [1.807, 2.05) is 0 Å². The average molecular weight is 327 g/mol. The van der Waals surface area contributed by atoms with Crippen molar-refractivity contribution in [1.29, 1.82) is 0 Å². The number of aromatic amines is 1. The fourth-order valence-corrected chi connectivity index (χ4v) is 2.97. The van der Waals surface area contributed by atoms with Crippen molar-refractivity contribution in [1.82, 2.24) is 25.3 Å². The molecule has 8 nitrogen and oxygen atoms in total. The van der Waals surface area contributed by atoms with Crippen LogP contribution in [0.25, 0.3) is 0 Å². The SMILES string of the molecule is NCC#Cc1ccc(S(=O)(=O)NCc2nn[nH]n2)c(Cl)c1. The van der Waals surface area contributed by atoms with Crippen LogP contribution in [-0.4, -0.2) is 35.6 Å². The van der Waals surface area contributed by atoms with Gasteiger partial charge in [-0.2, -0.15) is 5.21 Å². The molecular weight excluding hydrogens is 316 g/mol. The van der Waals surface area contributed by atoms with E-state index in [0.717, 1.165) is 0 Å². The van der Waals surface area contributed by atoms with E-state index < -0.39 is 10.0 Å². The summed E-state index contributed by atoms with van der Waals surface area (Å²) < 4.78 is 26.6. The van der Waals surface area contributed by atoms with Crippen LogP contribution in [-0.2, 0) is 16.6 Å². The lowest BCUT2D eigenvalue weighted by atomic mass is 10.2. The largest absolute Gasteiger partial charge is 0.320 e. The molecule has 0 amide bonds. The molecule has 0 aliphatic carbocycles. The Morgan fingerprint density at radius 1 is 1.43 bits per heavy atom. The van der Waals surface area contributed by atoms with Gasteiger partial charge in [-0.25, -0.2) is 13.1 Å². The first-order valence-electron chi connectivity index (χ1n) is 5.73. The second-order valence-electron chi connectivity index (χ2n) is 3.80. The molecular formula is C11H11ClN6O2S. The van der Waals surface area contributed by atoms with E-state index >= 15 is 0 Å². The Labute approximate surface area is 126 Å². The molecule has 0 unspecified atom stereocenters. The number of hydrogen-bond acceptors (Lipinski definition) is 6. The van der Waals surface area contributed by atoms with Gasteiger partial charge in [0.25, 0.3) is 0 Å². The Kier molecular flexibility index (Phi) is 4.87. The van der Waals surface area contributed by atoms with Crippen LogP contribution in [0, 0.1) is 11.8 Å². The van der Waals surface area contributed by atoms with Crippen molar-refractivity contribution in [2.75, 3.05) is 6.54 Å². The van der Waals surface area contributed by atoms with Crippen LogP contribution in [0.1, 0.15) is 11.4 Å². The van der Waals surface area contributed by atoms with Gasteiger partial charge in [0, 0.05) is 5.56 Å². The van der Waals surface area contributed by atoms with E-state index in [1.165, 1.54) is 12.1 Å². The Hall–Kier alpha value is -1.99. The number of nitrogens with one attached hydrogen (secondary N) is 2. The van der Waals surface area contributed by atoms with E-state index in [1.54, 1.807) is 6.07 Å². The van der Waals surface area contributed by atoms with Crippen LogP contribution in [0.4, 0.5) is 0 Å². The molecule has 2 rings (SSSR count). The van der Waals surface area contributed by atoms with E-state index in [4.69, 9.17) is 17.3 Å². The highest BCUT2D eigenvalue weighted by atomic mass is 35.5. The van der Waals surface area contributed by atoms with Gasteiger partial charge in [0.15, 0.2) is 5.82 Å². The fourth-order valence-electron chi connectivity index (χ4n) is 1.44. The lowest BCUT2D eigenvalue weighted by molar-refractivity contribution is 0.579. The van der Waals surface area contributed by atoms with E-state index in [2.05, 4.69) is 37.2 Å². The minimum Gasteiger partial charge on any atom is -0.320 e. The topological polar surface area (TPSA) is 127 Å². The molecule has 110 valence electrons. The number of tetrazole rings is 1. The first kappa shape index (κ1) is 15.4. The van der Waals surface area contributed by atoms with Crippen molar-refractivity contribution in [2.24, 2.45) is 5.73 Å². The maximum absolute atomic E-state index is 12.1. The molecule has 1 aromatic heterocycles. The standard InChI is InChI=1S/C11H11ClN6O2S/c12-9-6-8(2-1-5-13)3-4-10(9)21(19,20)14-7-11-15-17-18-16-11/h3-4,6,14H,5,7,13H2,(H,15,16,17,18). The zero-order chi connectivity index (χ0) is 15.3. The van der Waals surface area contributed by atoms with Gasteiger partial charge >= 0.3 is 0 Å². The van der Waals surface area contributed by atoms with Crippen LogP contribution in [0.5, 0.6) is 0 Å². The Bertz CT molecular complexity index is 779. The molecule has 0 saturated carbocycles. The van der Waals surface area contributed by atoms with Crippen LogP contribution in [0.2, 0.25) is 5.02 Å². The molecule has 2 aromatic rings. The van der Waals surface area contributed by atoms with Crippen molar-refractivity contribution in [2.45, 2.75) is 11.4 Å². The molecule has 10 heteroatoms. The third kappa shape index (κ3) is 3.99.